The predicted molar refractivity (Wildman–Crippen MR) is 97.8 cm³/mol. The van der Waals surface area contributed by atoms with Gasteiger partial charge in [-0.05, 0) is 68.2 Å². The van der Waals surface area contributed by atoms with Crippen molar-refractivity contribution >= 4 is 11.6 Å². The van der Waals surface area contributed by atoms with Crippen molar-refractivity contribution in [2.75, 3.05) is 25.4 Å². The van der Waals surface area contributed by atoms with E-state index in [-0.39, 0.29) is 11.9 Å². The van der Waals surface area contributed by atoms with Gasteiger partial charge in [0.2, 0.25) is 0 Å². The largest absolute Gasteiger partial charge is 0.455 e. The molecule has 3 saturated heterocycles. The number of anilines is 1. The average Bonchev–Trinajstić information content (AvgIpc) is 2.65. The summed E-state index contributed by atoms with van der Waals surface area (Å²) in [4.78, 5) is 15.0. The van der Waals surface area contributed by atoms with E-state index >= 15 is 0 Å². The standard InChI is InChI=1S/C20H23N3O2/c21-17-3-1-2-4-19(17)25-16-7-5-15(6-8-16)20(24)22-18-13-23-11-9-14(18)10-12-23/h1-8,14,18H,9-13,21H2,(H,22,24)/t18-/m0/s1. The number of rotatable bonds is 4. The van der Waals surface area contributed by atoms with Gasteiger partial charge in [0.15, 0.2) is 0 Å². The van der Waals surface area contributed by atoms with Crippen LogP contribution in [0.5, 0.6) is 11.5 Å². The number of nitrogens with zero attached hydrogens (tertiary/aromatic N) is 1. The molecule has 5 nitrogen and oxygen atoms in total. The molecule has 3 N–H and O–H groups in total. The summed E-state index contributed by atoms with van der Waals surface area (Å²) in [5.74, 6) is 1.89. The lowest BCUT2D eigenvalue weighted by atomic mass is 9.84. The first-order valence-corrected chi connectivity index (χ1v) is 8.85. The van der Waals surface area contributed by atoms with Gasteiger partial charge in [-0.25, -0.2) is 0 Å². The predicted octanol–water partition coefficient (Wildman–Crippen LogP) is 2.89. The first-order valence-electron chi connectivity index (χ1n) is 8.85. The molecular weight excluding hydrogens is 314 g/mol. The maximum absolute atomic E-state index is 12.5. The highest BCUT2D eigenvalue weighted by molar-refractivity contribution is 5.94. The van der Waals surface area contributed by atoms with E-state index in [0.717, 1.165) is 6.54 Å². The lowest BCUT2D eigenvalue weighted by molar-refractivity contribution is 0.0620. The highest BCUT2D eigenvalue weighted by Crippen LogP contribution is 2.29. The van der Waals surface area contributed by atoms with Crippen molar-refractivity contribution in [2.24, 2.45) is 5.92 Å². The lowest BCUT2D eigenvalue weighted by Gasteiger charge is -2.44. The number of piperidine rings is 3. The topological polar surface area (TPSA) is 67.6 Å². The molecule has 0 aliphatic carbocycles. The van der Waals surface area contributed by atoms with Gasteiger partial charge in [0.1, 0.15) is 11.5 Å². The fraction of sp³-hybridized carbons (Fsp3) is 0.350. The van der Waals surface area contributed by atoms with Crippen molar-refractivity contribution in [3.8, 4) is 11.5 Å². The number of ether oxygens (including phenoxy) is 1. The van der Waals surface area contributed by atoms with Crippen LogP contribution in [-0.2, 0) is 0 Å². The number of hydrogen-bond donors (Lipinski definition) is 2. The summed E-state index contributed by atoms with van der Waals surface area (Å²) < 4.78 is 5.77. The van der Waals surface area contributed by atoms with Crippen LogP contribution < -0.4 is 15.8 Å². The number of nitrogen functional groups attached to an aromatic ring is 1. The molecule has 2 aromatic carbocycles. The van der Waals surface area contributed by atoms with Crippen LogP contribution in [0.15, 0.2) is 48.5 Å². The van der Waals surface area contributed by atoms with E-state index in [2.05, 4.69) is 10.2 Å². The molecule has 1 atom stereocenters. The smallest absolute Gasteiger partial charge is 0.251 e. The third-order valence-electron chi connectivity index (χ3n) is 5.24. The summed E-state index contributed by atoms with van der Waals surface area (Å²) in [7, 11) is 0. The molecule has 3 aliphatic rings. The van der Waals surface area contributed by atoms with Gasteiger partial charge in [0.25, 0.3) is 5.91 Å². The molecule has 5 heteroatoms. The summed E-state index contributed by atoms with van der Waals surface area (Å²) >= 11 is 0. The Morgan fingerprint density at radius 2 is 1.80 bits per heavy atom. The summed E-state index contributed by atoms with van der Waals surface area (Å²) in [6.45, 7) is 3.32. The van der Waals surface area contributed by atoms with Gasteiger partial charge in [-0.15, -0.1) is 0 Å². The Balaban J connectivity index is 1.40. The summed E-state index contributed by atoms with van der Waals surface area (Å²) in [5, 5.41) is 3.20. The molecule has 3 heterocycles. The number of carbonyl (C=O) groups excluding carboxylic acids is 1. The Morgan fingerprint density at radius 3 is 2.44 bits per heavy atom. The van der Waals surface area contributed by atoms with Crippen LogP contribution >= 0.6 is 0 Å². The van der Waals surface area contributed by atoms with Crippen molar-refractivity contribution in [3.63, 3.8) is 0 Å². The van der Waals surface area contributed by atoms with Gasteiger partial charge >= 0.3 is 0 Å². The minimum absolute atomic E-state index is 0.00970. The van der Waals surface area contributed by atoms with E-state index in [1.165, 1.54) is 25.9 Å². The van der Waals surface area contributed by atoms with E-state index in [1.54, 1.807) is 30.3 Å². The number of hydrogen-bond acceptors (Lipinski definition) is 4. The maximum atomic E-state index is 12.5. The number of nitrogens with two attached hydrogens (primary N) is 1. The lowest BCUT2D eigenvalue weighted by Crippen LogP contribution is -2.57. The van der Waals surface area contributed by atoms with E-state index < -0.39 is 0 Å². The molecule has 5 rings (SSSR count). The second-order valence-corrected chi connectivity index (χ2v) is 6.88. The molecule has 3 aliphatic heterocycles. The van der Waals surface area contributed by atoms with Crippen LogP contribution in [0.2, 0.25) is 0 Å². The number of fused-ring (bicyclic) bond motifs is 3. The molecule has 25 heavy (non-hydrogen) atoms. The fourth-order valence-corrected chi connectivity index (χ4v) is 3.76. The van der Waals surface area contributed by atoms with Gasteiger partial charge in [-0.2, -0.15) is 0 Å². The summed E-state index contributed by atoms with van der Waals surface area (Å²) in [6, 6.07) is 14.8. The molecule has 0 saturated carbocycles. The molecule has 0 aromatic heterocycles. The zero-order valence-corrected chi connectivity index (χ0v) is 14.2. The second kappa shape index (κ2) is 6.76. The van der Waals surface area contributed by atoms with E-state index in [9.17, 15) is 4.79 Å². The van der Waals surface area contributed by atoms with Crippen LogP contribution in [0.1, 0.15) is 23.2 Å². The minimum atomic E-state index is -0.00970. The first kappa shape index (κ1) is 16.0. The Morgan fingerprint density at radius 1 is 1.08 bits per heavy atom. The number of para-hydroxylation sites is 2. The normalized spacial score (nSPS) is 24.7. The van der Waals surface area contributed by atoms with Gasteiger partial charge in [-0.3, -0.25) is 4.79 Å². The average molecular weight is 337 g/mol. The SMILES string of the molecule is Nc1ccccc1Oc1ccc(C(=O)N[C@H]2CN3CCC2CC3)cc1. The van der Waals surface area contributed by atoms with Crippen molar-refractivity contribution in [3.05, 3.63) is 54.1 Å². The molecule has 0 unspecified atom stereocenters. The zero-order valence-electron chi connectivity index (χ0n) is 14.2. The van der Waals surface area contributed by atoms with E-state index in [4.69, 9.17) is 10.5 Å². The second-order valence-electron chi connectivity index (χ2n) is 6.88. The van der Waals surface area contributed by atoms with Crippen LogP contribution in [0, 0.1) is 5.92 Å². The Kier molecular flexibility index (Phi) is 4.32. The molecule has 2 bridgehead atoms. The zero-order chi connectivity index (χ0) is 17.2. The van der Waals surface area contributed by atoms with Crippen LogP contribution in [0.4, 0.5) is 5.69 Å². The maximum Gasteiger partial charge on any atom is 0.251 e. The van der Waals surface area contributed by atoms with Gasteiger partial charge < -0.3 is 20.7 Å². The molecule has 130 valence electrons. The third kappa shape index (κ3) is 3.46. The number of nitrogens with one attached hydrogen (secondary N) is 1. The van der Waals surface area contributed by atoms with Crippen LogP contribution in [0.3, 0.4) is 0 Å². The Bertz CT molecular complexity index is 752. The highest BCUT2D eigenvalue weighted by Gasteiger charge is 2.34. The first-order chi connectivity index (χ1) is 12.2. The van der Waals surface area contributed by atoms with Gasteiger partial charge in [0.05, 0.1) is 5.69 Å². The van der Waals surface area contributed by atoms with Crippen molar-refractivity contribution in [1.29, 1.82) is 0 Å². The van der Waals surface area contributed by atoms with Crippen molar-refractivity contribution in [2.45, 2.75) is 18.9 Å². The molecule has 1 amide bonds. The van der Waals surface area contributed by atoms with Crippen LogP contribution in [-0.4, -0.2) is 36.5 Å². The number of benzene rings is 2. The van der Waals surface area contributed by atoms with Crippen molar-refractivity contribution in [1.82, 2.24) is 10.2 Å². The third-order valence-corrected chi connectivity index (χ3v) is 5.24. The van der Waals surface area contributed by atoms with Crippen molar-refractivity contribution < 1.29 is 9.53 Å². The molecule has 0 radical (unpaired) electrons. The summed E-state index contributed by atoms with van der Waals surface area (Å²) in [5.41, 5.74) is 7.13. The Hall–Kier alpha value is -2.53. The van der Waals surface area contributed by atoms with E-state index in [0.29, 0.717) is 28.7 Å². The molecule has 0 spiro atoms. The number of amides is 1. The quantitative estimate of drug-likeness (QED) is 0.842. The molecular formula is C20H23N3O2. The fourth-order valence-electron chi connectivity index (χ4n) is 3.76. The molecule has 3 fully saturated rings. The minimum Gasteiger partial charge on any atom is -0.455 e. The van der Waals surface area contributed by atoms with Gasteiger partial charge in [0, 0.05) is 18.2 Å². The highest BCUT2D eigenvalue weighted by atomic mass is 16.5. The van der Waals surface area contributed by atoms with E-state index in [1.807, 2.05) is 18.2 Å². The van der Waals surface area contributed by atoms with Crippen LogP contribution in [0.25, 0.3) is 0 Å². The molecule has 2 aromatic rings. The van der Waals surface area contributed by atoms with Gasteiger partial charge in [-0.1, -0.05) is 12.1 Å². The summed E-state index contributed by atoms with van der Waals surface area (Å²) in [6.07, 6.45) is 2.38. The number of carbonyl (C=O) groups is 1. The monoisotopic (exact) mass is 337 g/mol. The Labute approximate surface area is 147 Å².